The highest BCUT2D eigenvalue weighted by Crippen LogP contribution is 2.26. The van der Waals surface area contributed by atoms with Crippen molar-refractivity contribution < 1.29 is 0 Å². The molecule has 0 aromatic heterocycles. The number of nitrogens with one attached hydrogen (secondary N) is 1. The highest BCUT2D eigenvalue weighted by atomic mass is 15.2. The molecule has 3 heteroatoms. The van der Waals surface area contributed by atoms with E-state index in [4.69, 9.17) is 5.84 Å². The van der Waals surface area contributed by atoms with Crippen molar-refractivity contribution in [2.24, 2.45) is 5.84 Å². The lowest BCUT2D eigenvalue weighted by atomic mass is 9.97. The molecule has 3 nitrogen and oxygen atoms in total. The molecule has 0 atom stereocenters. The fraction of sp³-hybridized carbons (Fsp3) is 0.412. The Morgan fingerprint density at radius 1 is 1.40 bits per heavy atom. The van der Waals surface area contributed by atoms with Crippen molar-refractivity contribution >= 4 is 0 Å². The highest BCUT2D eigenvalue weighted by Gasteiger charge is 2.11. The molecule has 1 rings (SSSR count). The average molecular weight is 273 g/mol. The number of hydrazine groups is 1. The summed E-state index contributed by atoms with van der Waals surface area (Å²) in [4.78, 5) is 2.16. The van der Waals surface area contributed by atoms with E-state index in [1.54, 1.807) is 0 Å². The first-order valence-electron chi connectivity index (χ1n) is 7.16. The predicted octanol–water partition coefficient (Wildman–Crippen LogP) is 3.76. The van der Waals surface area contributed by atoms with Crippen LogP contribution in [0.15, 0.2) is 60.1 Å². The molecule has 0 bridgehead atoms. The van der Waals surface area contributed by atoms with Crippen molar-refractivity contribution in [3.05, 3.63) is 60.1 Å². The second kappa shape index (κ2) is 8.43. The molecule has 0 aliphatic heterocycles. The first kappa shape index (κ1) is 16.3. The lowest BCUT2D eigenvalue weighted by Crippen LogP contribution is -2.20. The summed E-state index contributed by atoms with van der Waals surface area (Å²) in [5.74, 6) is 5.30. The molecule has 0 aromatic rings. The Hall–Kier alpha value is -1.74. The lowest BCUT2D eigenvalue weighted by molar-refractivity contribution is 0.504. The van der Waals surface area contributed by atoms with E-state index in [9.17, 15) is 0 Å². The molecule has 0 saturated carbocycles. The third kappa shape index (κ3) is 5.10. The van der Waals surface area contributed by atoms with Crippen molar-refractivity contribution in [3.63, 3.8) is 0 Å². The van der Waals surface area contributed by atoms with Crippen LogP contribution >= 0.6 is 0 Å². The molecule has 0 aromatic carbocycles. The summed E-state index contributed by atoms with van der Waals surface area (Å²) >= 11 is 0. The van der Waals surface area contributed by atoms with Crippen LogP contribution < -0.4 is 11.3 Å². The van der Waals surface area contributed by atoms with Gasteiger partial charge >= 0.3 is 0 Å². The van der Waals surface area contributed by atoms with Gasteiger partial charge in [-0.15, -0.1) is 0 Å². The van der Waals surface area contributed by atoms with Gasteiger partial charge in [0.25, 0.3) is 0 Å². The predicted molar refractivity (Wildman–Crippen MR) is 87.4 cm³/mol. The van der Waals surface area contributed by atoms with E-state index in [0.29, 0.717) is 0 Å². The molecule has 0 heterocycles. The second-order valence-corrected chi connectivity index (χ2v) is 5.13. The number of hydrogen-bond donors (Lipinski definition) is 2. The molecule has 0 amide bonds. The quantitative estimate of drug-likeness (QED) is 0.402. The van der Waals surface area contributed by atoms with Gasteiger partial charge in [0.1, 0.15) is 0 Å². The van der Waals surface area contributed by atoms with Crippen molar-refractivity contribution in [1.29, 1.82) is 0 Å². The lowest BCUT2D eigenvalue weighted by Gasteiger charge is -2.25. The minimum absolute atomic E-state index is 0.903. The Morgan fingerprint density at radius 3 is 2.70 bits per heavy atom. The summed E-state index contributed by atoms with van der Waals surface area (Å²) < 4.78 is 0. The molecule has 0 radical (unpaired) electrons. The molecule has 1 aliphatic rings. The average Bonchev–Trinajstić information content (AvgIpc) is 2.47. The summed E-state index contributed by atoms with van der Waals surface area (Å²) in [5, 5.41) is 0. The van der Waals surface area contributed by atoms with Gasteiger partial charge in [-0.3, -0.25) is 5.84 Å². The van der Waals surface area contributed by atoms with Crippen LogP contribution in [0.4, 0.5) is 0 Å². The van der Waals surface area contributed by atoms with E-state index in [2.05, 4.69) is 42.7 Å². The van der Waals surface area contributed by atoms with Gasteiger partial charge in [0.05, 0.1) is 0 Å². The van der Waals surface area contributed by atoms with Crippen LogP contribution in [-0.4, -0.2) is 11.9 Å². The normalized spacial score (nSPS) is 14.8. The van der Waals surface area contributed by atoms with Crippen LogP contribution in [0.25, 0.3) is 0 Å². The summed E-state index contributed by atoms with van der Waals surface area (Å²) in [6, 6.07) is 0. The van der Waals surface area contributed by atoms with Gasteiger partial charge in [0, 0.05) is 24.1 Å². The molecule has 20 heavy (non-hydrogen) atoms. The Kier molecular flexibility index (Phi) is 6.88. The van der Waals surface area contributed by atoms with Gasteiger partial charge in [0.15, 0.2) is 0 Å². The summed E-state index contributed by atoms with van der Waals surface area (Å²) in [7, 11) is 2.07. The van der Waals surface area contributed by atoms with Crippen molar-refractivity contribution in [1.82, 2.24) is 10.3 Å². The molecule has 0 unspecified atom stereocenters. The van der Waals surface area contributed by atoms with Crippen molar-refractivity contribution in [2.45, 2.75) is 39.0 Å². The molecular formula is C17H27N3. The maximum absolute atomic E-state index is 5.30. The zero-order chi connectivity index (χ0) is 15.0. The Bertz CT molecular complexity index is 441. The van der Waals surface area contributed by atoms with Gasteiger partial charge in [-0.05, 0) is 51.2 Å². The first-order chi connectivity index (χ1) is 9.58. The third-order valence-electron chi connectivity index (χ3n) is 3.61. The number of likely N-dealkylation sites (N-methyl/N-ethyl adjacent to an activating group) is 1. The van der Waals surface area contributed by atoms with Gasteiger partial charge in [-0.1, -0.05) is 30.9 Å². The Balaban J connectivity index is 2.49. The highest BCUT2D eigenvalue weighted by molar-refractivity contribution is 5.27. The summed E-state index contributed by atoms with van der Waals surface area (Å²) in [6.07, 6.45) is 13.9. The van der Waals surface area contributed by atoms with E-state index in [-0.39, 0.29) is 0 Å². The third-order valence-corrected chi connectivity index (χ3v) is 3.61. The zero-order valence-electron chi connectivity index (χ0n) is 12.8. The number of nitrogens with zero attached hydrogens (tertiary/aromatic N) is 1. The Labute approximate surface area is 123 Å². The molecule has 0 fully saturated rings. The fourth-order valence-corrected chi connectivity index (χ4v) is 2.25. The monoisotopic (exact) mass is 273 g/mol. The number of hydrogen-bond acceptors (Lipinski definition) is 3. The molecule has 1 aliphatic carbocycles. The van der Waals surface area contributed by atoms with Crippen molar-refractivity contribution in [2.75, 3.05) is 7.05 Å². The van der Waals surface area contributed by atoms with E-state index in [1.807, 2.05) is 19.1 Å². The van der Waals surface area contributed by atoms with Crippen LogP contribution in [0.1, 0.15) is 39.0 Å². The maximum atomic E-state index is 5.30. The molecular weight excluding hydrogens is 246 g/mol. The minimum Gasteiger partial charge on any atom is -0.349 e. The molecule has 0 spiro atoms. The zero-order valence-corrected chi connectivity index (χ0v) is 12.8. The Morgan fingerprint density at radius 2 is 2.15 bits per heavy atom. The number of nitrogens with two attached hydrogens (primary N) is 1. The van der Waals surface area contributed by atoms with Crippen LogP contribution in [0.2, 0.25) is 0 Å². The van der Waals surface area contributed by atoms with Gasteiger partial charge in [0.2, 0.25) is 0 Å². The summed E-state index contributed by atoms with van der Waals surface area (Å²) in [5.41, 5.74) is 7.36. The maximum Gasteiger partial charge on any atom is 0.0329 e. The topological polar surface area (TPSA) is 41.3 Å². The number of allylic oxidation sites excluding steroid dienone is 7. The smallest absolute Gasteiger partial charge is 0.0329 e. The van der Waals surface area contributed by atoms with Crippen LogP contribution in [0.5, 0.6) is 0 Å². The standard InChI is InChI=1S/C17H27N3/c1-5-7-15(3)20(4)17-12-10-16(11-13-17)9-6-8-14(2)19-18/h5,7,10,12,19H,2-3,6,8-9,11,13,18H2,1,4H3/b7-5-. The number of rotatable bonds is 8. The first-order valence-corrected chi connectivity index (χ1v) is 7.16. The van der Waals surface area contributed by atoms with E-state index >= 15 is 0 Å². The van der Waals surface area contributed by atoms with E-state index < -0.39 is 0 Å². The van der Waals surface area contributed by atoms with Crippen molar-refractivity contribution in [3.8, 4) is 0 Å². The van der Waals surface area contributed by atoms with Gasteiger partial charge in [-0.2, -0.15) is 0 Å². The summed E-state index contributed by atoms with van der Waals surface area (Å²) in [6.45, 7) is 9.91. The molecule has 0 saturated heterocycles. The van der Waals surface area contributed by atoms with Crippen LogP contribution in [-0.2, 0) is 0 Å². The van der Waals surface area contributed by atoms with E-state index in [0.717, 1.165) is 43.5 Å². The molecule has 110 valence electrons. The fourth-order valence-electron chi connectivity index (χ4n) is 2.25. The SMILES string of the molecule is C=C(CCCC1=CC=C(N(C)C(=C)/C=C\C)CC1)NN. The van der Waals surface area contributed by atoms with E-state index in [1.165, 1.54) is 11.3 Å². The second-order valence-electron chi connectivity index (χ2n) is 5.13. The minimum atomic E-state index is 0.903. The van der Waals surface area contributed by atoms with Crippen LogP contribution in [0, 0.1) is 0 Å². The van der Waals surface area contributed by atoms with Crippen LogP contribution in [0.3, 0.4) is 0 Å². The van der Waals surface area contributed by atoms with Gasteiger partial charge in [-0.25, -0.2) is 0 Å². The molecule has 3 N–H and O–H groups in total. The van der Waals surface area contributed by atoms with Gasteiger partial charge < -0.3 is 10.3 Å². The largest absolute Gasteiger partial charge is 0.349 e.